The number of rotatable bonds is 2. The first-order valence-electron chi connectivity index (χ1n) is 8.70. The number of thiazole rings is 1. The zero-order chi connectivity index (χ0) is 19.4. The number of nitrogens with zero attached hydrogens (tertiary/aromatic N) is 8. The lowest BCUT2D eigenvalue weighted by molar-refractivity contribution is 0.0679. The van der Waals surface area contributed by atoms with Gasteiger partial charge in [0.2, 0.25) is 0 Å². The summed E-state index contributed by atoms with van der Waals surface area (Å²) in [7, 11) is 1.84. The van der Waals surface area contributed by atoms with E-state index < -0.39 is 0 Å². The van der Waals surface area contributed by atoms with Crippen LogP contribution in [0.5, 0.6) is 0 Å². The molecule has 0 aromatic carbocycles. The van der Waals surface area contributed by atoms with Crippen LogP contribution in [0, 0.1) is 0 Å². The molecule has 142 valence electrons. The second-order valence-corrected chi connectivity index (χ2v) is 7.65. The van der Waals surface area contributed by atoms with E-state index in [1.807, 2.05) is 24.7 Å². The molecule has 1 atom stereocenters. The summed E-state index contributed by atoms with van der Waals surface area (Å²) < 4.78 is 5.13. The van der Waals surface area contributed by atoms with Crippen molar-refractivity contribution in [2.45, 2.75) is 19.5 Å². The highest BCUT2D eigenvalue weighted by Crippen LogP contribution is 2.27. The first-order valence-corrected chi connectivity index (χ1v) is 9.58. The van der Waals surface area contributed by atoms with Crippen molar-refractivity contribution in [3.63, 3.8) is 0 Å². The fourth-order valence-corrected chi connectivity index (χ4v) is 4.24. The van der Waals surface area contributed by atoms with Crippen LogP contribution in [0.1, 0.15) is 29.1 Å². The minimum absolute atomic E-state index is 0.0431. The topological polar surface area (TPSA) is 103 Å². The van der Waals surface area contributed by atoms with E-state index in [1.54, 1.807) is 27.4 Å². The third-order valence-electron chi connectivity index (χ3n) is 4.85. The number of carbonyl (C=O) groups is 1. The van der Waals surface area contributed by atoms with Crippen LogP contribution in [0.4, 0.5) is 0 Å². The maximum atomic E-state index is 13.0. The van der Waals surface area contributed by atoms with Gasteiger partial charge in [-0.3, -0.25) is 18.7 Å². The van der Waals surface area contributed by atoms with Gasteiger partial charge in [-0.1, -0.05) is 0 Å². The predicted molar refractivity (Wildman–Crippen MR) is 101 cm³/mol. The summed E-state index contributed by atoms with van der Waals surface area (Å²) in [6.45, 7) is 2.73. The van der Waals surface area contributed by atoms with Crippen molar-refractivity contribution in [1.82, 2.24) is 38.8 Å². The maximum Gasteiger partial charge on any atom is 0.271 e. The van der Waals surface area contributed by atoms with Gasteiger partial charge >= 0.3 is 0 Å². The van der Waals surface area contributed by atoms with E-state index in [-0.39, 0.29) is 29.6 Å². The molecule has 0 saturated carbocycles. The van der Waals surface area contributed by atoms with Crippen molar-refractivity contribution >= 4 is 22.2 Å². The van der Waals surface area contributed by atoms with E-state index in [0.717, 1.165) is 11.4 Å². The Balaban J connectivity index is 1.49. The second kappa shape index (κ2) is 6.09. The Kier molecular flexibility index (Phi) is 3.66. The largest absolute Gasteiger partial charge is 0.329 e. The summed E-state index contributed by atoms with van der Waals surface area (Å²) in [6, 6.07) is -0.0431. The van der Waals surface area contributed by atoms with Crippen LogP contribution in [0.15, 0.2) is 35.0 Å². The average molecular weight is 396 g/mol. The highest BCUT2D eigenvalue weighted by molar-refractivity contribution is 7.15. The molecule has 28 heavy (non-hydrogen) atoms. The lowest BCUT2D eigenvalue weighted by Gasteiger charge is -2.32. The predicted octanol–water partition coefficient (Wildman–Crippen LogP) is 0.965. The number of hydrogen-bond donors (Lipinski definition) is 0. The number of hydrogen-bond acceptors (Lipinski definition) is 7. The van der Waals surface area contributed by atoms with Crippen molar-refractivity contribution in [3.05, 3.63) is 51.9 Å². The lowest BCUT2D eigenvalue weighted by Crippen LogP contribution is -2.42. The second-order valence-electron chi connectivity index (χ2n) is 6.78. The lowest BCUT2D eigenvalue weighted by atomic mass is 10.1. The zero-order valence-corrected chi connectivity index (χ0v) is 16.0. The van der Waals surface area contributed by atoms with Gasteiger partial charge in [0.25, 0.3) is 11.5 Å². The average Bonchev–Trinajstić information content (AvgIpc) is 3.40. The van der Waals surface area contributed by atoms with Crippen molar-refractivity contribution in [2.75, 3.05) is 6.54 Å². The number of aryl methyl sites for hydroxylation is 1. The van der Waals surface area contributed by atoms with Gasteiger partial charge in [-0.25, -0.2) is 4.98 Å². The smallest absolute Gasteiger partial charge is 0.271 e. The standard InChI is InChI=1S/C17H16N8O2S/c1-10-7-23(15(26)12-6-18-17-24(16(12)27)3-4-28-17)9-13-20-21-14(25(10)13)11-5-19-22(2)8-11/h3-6,8,10H,7,9H2,1-2H3/t10-/m0/s1. The third-order valence-corrected chi connectivity index (χ3v) is 5.62. The summed E-state index contributed by atoms with van der Waals surface area (Å²) in [5, 5.41) is 14.5. The molecule has 0 unspecified atom stereocenters. The van der Waals surface area contributed by atoms with Gasteiger partial charge in [0, 0.05) is 37.6 Å². The van der Waals surface area contributed by atoms with Crippen LogP contribution < -0.4 is 5.56 Å². The van der Waals surface area contributed by atoms with E-state index >= 15 is 0 Å². The highest BCUT2D eigenvalue weighted by Gasteiger charge is 2.31. The molecule has 5 heterocycles. The van der Waals surface area contributed by atoms with Gasteiger partial charge in [-0.05, 0) is 6.92 Å². The summed E-state index contributed by atoms with van der Waals surface area (Å²) in [5.74, 6) is 1.06. The number of aromatic nitrogens is 7. The van der Waals surface area contributed by atoms with Gasteiger partial charge in [0.1, 0.15) is 5.56 Å². The normalized spacial score (nSPS) is 16.5. The molecular formula is C17H16N8O2S. The maximum absolute atomic E-state index is 13.0. The molecular weight excluding hydrogens is 380 g/mol. The molecule has 4 aromatic heterocycles. The van der Waals surface area contributed by atoms with Gasteiger partial charge in [0.15, 0.2) is 16.6 Å². The molecule has 10 nitrogen and oxygen atoms in total. The molecule has 0 radical (unpaired) electrons. The SMILES string of the molecule is C[C@H]1CN(C(=O)c2cnc3sccn3c2=O)Cc2nnc(-c3cnn(C)c3)n21. The summed E-state index contributed by atoms with van der Waals surface area (Å²) in [5.41, 5.74) is 0.578. The van der Waals surface area contributed by atoms with Crippen molar-refractivity contribution < 1.29 is 4.79 Å². The zero-order valence-electron chi connectivity index (χ0n) is 15.2. The fraction of sp³-hybridized carbons (Fsp3) is 0.294. The molecule has 0 N–H and O–H groups in total. The first-order chi connectivity index (χ1) is 13.5. The monoisotopic (exact) mass is 396 g/mol. The summed E-state index contributed by atoms with van der Waals surface area (Å²) >= 11 is 1.35. The molecule has 1 aliphatic rings. The van der Waals surface area contributed by atoms with Gasteiger partial charge in [-0.2, -0.15) is 5.10 Å². The van der Waals surface area contributed by atoms with Crippen molar-refractivity contribution in [2.24, 2.45) is 7.05 Å². The van der Waals surface area contributed by atoms with Crippen LogP contribution in [0.3, 0.4) is 0 Å². The minimum Gasteiger partial charge on any atom is -0.329 e. The van der Waals surface area contributed by atoms with E-state index in [0.29, 0.717) is 17.3 Å². The molecule has 0 fully saturated rings. The molecule has 5 rings (SSSR count). The molecule has 4 aromatic rings. The summed E-state index contributed by atoms with van der Waals surface area (Å²) in [6.07, 6.45) is 6.61. The Morgan fingerprint density at radius 1 is 1.29 bits per heavy atom. The van der Waals surface area contributed by atoms with Gasteiger partial charge < -0.3 is 9.47 Å². The molecule has 1 amide bonds. The molecule has 0 bridgehead atoms. The van der Waals surface area contributed by atoms with E-state index in [2.05, 4.69) is 20.3 Å². The fourth-order valence-electron chi connectivity index (χ4n) is 3.56. The van der Waals surface area contributed by atoms with Crippen molar-refractivity contribution in [3.8, 4) is 11.4 Å². The Morgan fingerprint density at radius 2 is 2.14 bits per heavy atom. The van der Waals surface area contributed by atoms with Crippen LogP contribution in [0.2, 0.25) is 0 Å². The number of carbonyl (C=O) groups excluding carboxylic acids is 1. The molecule has 0 aliphatic carbocycles. The highest BCUT2D eigenvalue weighted by atomic mass is 32.1. The van der Waals surface area contributed by atoms with E-state index in [4.69, 9.17) is 0 Å². The quantitative estimate of drug-likeness (QED) is 0.500. The molecule has 0 saturated heterocycles. The first kappa shape index (κ1) is 16.8. The Labute approximate surface area is 162 Å². The van der Waals surface area contributed by atoms with Crippen LogP contribution in [-0.2, 0) is 13.6 Å². The van der Waals surface area contributed by atoms with E-state index in [1.165, 1.54) is 21.9 Å². The Morgan fingerprint density at radius 3 is 2.93 bits per heavy atom. The molecule has 1 aliphatic heterocycles. The Hall–Kier alpha value is -3.34. The van der Waals surface area contributed by atoms with Crippen LogP contribution in [0.25, 0.3) is 16.3 Å². The van der Waals surface area contributed by atoms with Crippen LogP contribution >= 0.6 is 11.3 Å². The minimum atomic E-state index is -0.355. The molecule has 11 heteroatoms. The number of amides is 1. The van der Waals surface area contributed by atoms with Crippen molar-refractivity contribution in [1.29, 1.82) is 0 Å². The Bertz CT molecular complexity index is 1270. The molecule has 0 spiro atoms. The third kappa shape index (κ3) is 2.47. The number of fused-ring (bicyclic) bond motifs is 2. The van der Waals surface area contributed by atoms with Gasteiger partial charge in [0.05, 0.1) is 24.3 Å². The van der Waals surface area contributed by atoms with E-state index in [9.17, 15) is 9.59 Å². The summed E-state index contributed by atoms with van der Waals surface area (Å²) in [4.78, 5) is 32.1. The van der Waals surface area contributed by atoms with Crippen LogP contribution in [-0.4, -0.2) is 51.3 Å². The van der Waals surface area contributed by atoms with Gasteiger partial charge in [-0.15, -0.1) is 21.5 Å².